The van der Waals surface area contributed by atoms with Crippen molar-refractivity contribution in [3.05, 3.63) is 0 Å². The molecule has 1 saturated heterocycles. The lowest BCUT2D eigenvalue weighted by molar-refractivity contribution is -0.198. The molecular weight excluding hydrogens is 272 g/mol. The number of methoxy groups -OCH3 is 1. The van der Waals surface area contributed by atoms with E-state index in [0.29, 0.717) is 0 Å². The van der Waals surface area contributed by atoms with Crippen molar-refractivity contribution in [3.8, 4) is 0 Å². The lowest BCUT2D eigenvalue weighted by Crippen LogP contribution is -2.60. The Morgan fingerprint density at radius 2 is 1.65 bits per heavy atom. The van der Waals surface area contributed by atoms with Crippen LogP contribution in [0.5, 0.6) is 0 Å². The molecule has 114 valence electrons. The third-order valence-electron chi connectivity index (χ3n) is 3.60. The molecule has 0 saturated carbocycles. The molecule has 1 heterocycles. The summed E-state index contributed by atoms with van der Waals surface area (Å²) in [6.07, 6.45) is -0.552. The summed E-state index contributed by atoms with van der Waals surface area (Å²) in [5, 5.41) is 18.8. The average molecular weight is 290 g/mol. The van der Waals surface area contributed by atoms with Crippen molar-refractivity contribution in [1.29, 1.82) is 0 Å². The molecule has 0 aromatic heterocycles. The van der Waals surface area contributed by atoms with E-state index < -0.39 is 41.3 Å². The predicted molar refractivity (Wildman–Crippen MR) is 63.9 cm³/mol. The molecule has 2 N–H and O–H groups in total. The van der Waals surface area contributed by atoms with Crippen molar-refractivity contribution in [3.63, 3.8) is 0 Å². The minimum Gasteiger partial charge on any atom is -0.479 e. The molecule has 1 unspecified atom stereocenters. The van der Waals surface area contributed by atoms with Gasteiger partial charge < -0.3 is 24.4 Å². The predicted octanol–water partition coefficient (Wildman–Crippen LogP) is 0.389. The maximum Gasteiger partial charge on any atom is 0.340 e. The first kappa shape index (κ1) is 16.4. The van der Waals surface area contributed by atoms with Crippen molar-refractivity contribution in [2.45, 2.75) is 50.6 Å². The summed E-state index contributed by atoms with van der Waals surface area (Å²) in [4.78, 5) is 34.6. The Hall–Kier alpha value is -1.67. The maximum atomic E-state index is 11.6. The zero-order valence-electron chi connectivity index (χ0n) is 11.8. The van der Waals surface area contributed by atoms with Gasteiger partial charge in [-0.15, -0.1) is 0 Å². The van der Waals surface area contributed by atoms with Gasteiger partial charge in [0.25, 0.3) is 0 Å². The fourth-order valence-corrected chi connectivity index (χ4v) is 2.17. The fraction of sp³-hybridized carbons (Fsp3) is 0.750. The van der Waals surface area contributed by atoms with Gasteiger partial charge in [-0.1, -0.05) is 6.92 Å². The second-order valence-electron chi connectivity index (χ2n) is 4.91. The molecule has 0 aromatic carbocycles. The zero-order valence-corrected chi connectivity index (χ0v) is 11.8. The highest BCUT2D eigenvalue weighted by Gasteiger charge is 2.71. The summed E-state index contributed by atoms with van der Waals surface area (Å²) in [6, 6.07) is 0. The molecule has 1 aliphatic heterocycles. The Labute approximate surface area is 115 Å². The normalized spacial score (nSPS) is 36.6. The molecule has 0 aromatic rings. The monoisotopic (exact) mass is 290 g/mol. The van der Waals surface area contributed by atoms with Gasteiger partial charge in [-0.2, -0.15) is 0 Å². The number of carboxylic acid groups (broad SMARTS) is 2. The van der Waals surface area contributed by atoms with Crippen LogP contribution in [0.25, 0.3) is 0 Å². The summed E-state index contributed by atoms with van der Waals surface area (Å²) in [6.45, 7) is 4.15. The van der Waals surface area contributed by atoms with E-state index in [1.54, 1.807) is 6.92 Å². The quantitative estimate of drug-likeness (QED) is 0.698. The SMILES string of the molecule is CCC1(C)O[C@@](C)(C(=O)O)[C@@](CC(=O)OC)(C(=O)O)O1. The van der Waals surface area contributed by atoms with Crippen LogP contribution >= 0.6 is 0 Å². The third-order valence-corrected chi connectivity index (χ3v) is 3.60. The van der Waals surface area contributed by atoms with E-state index in [9.17, 15) is 24.6 Å². The minimum atomic E-state index is -2.35. The van der Waals surface area contributed by atoms with Crippen molar-refractivity contribution < 1.29 is 38.8 Å². The molecule has 8 heteroatoms. The minimum absolute atomic E-state index is 0.214. The molecule has 0 amide bonds. The smallest absolute Gasteiger partial charge is 0.340 e. The van der Waals surface area contributed by atoms with Gasteiger partial charge in [-0.05, 0) is 20.3 Å². The summed E-state index contributed by atoms with van der Waals surface area (Å²) >= 11 is 0. The first-order chi connectivity index (χ1) is 9.07. The topological polar surface area (TPSA) is 119 Å². The van der Waals surface area contributed by atoms with Gasteiger partial charge in [0.05, 0.1) is 13.5 Å². The highest BCUT2D eigenvalue weighted by Crippen LogP contribution is 2.48. The van der Waals surface area contributed by atoms with E-state index in [-0.39, 0.29) is 6.42 Å². The van der Waals surface area contributed by atoms with E-state index in [1.807, 2.05) is 0 Å². The standard InChI is InChI=1S/C12H18O8/c1-5-10(2)19-11(3,8(14)15)12(20-10,9(16)17)6-7(13)18-4/h5-6H2,1-4H3,(H,14,15)(H,16,17)/t10?,11-,12+/m0/s1. The van der Waals surface area contributed by atoms with Crippen molar-refractivity contribution in [2.24, 2.45) is 0 Å². The molecule has 1 aliphatic rings. The Kier molecular flexibility index (Phi) is 4.12. The van der Waals surface area contributed by atoms with Crippen LogP contribution in [0.15, 0.2) is 0 Å². The number of esters is 1. The van der Waals surface area contributed by atoms with Gasteiger partial charge in [-0.25, -0.2) is 9.59 Å². The van der Waals surface area contributed by atoms with Crippen LogP contribution in [-0.4, -0.2) is 52.2 Å². The van der Waals surface area contributed by atoms with Crippen LogP contribution in [0.3, 0.4) is 0 Å². The number of aliphatic carboxylic acids is 2. The average Bonchev–Trinajstić information content (AvgIpc) is 2.60. The molecule has 0 spiro atoms. The maximum absolute atomic E-state index is 11.6. The van der Waals surface area contributed by atoms with Crippen LogP contribution < -0.4 is 0 Å². The molecule has 0 bridgehead atoms. The van der Waals surface area contributed by atoms with E-state index in [1.165, 1.54) is 6.92 Å². The Balaban J connectivity index is 3.41. The number of hydrogen-bond acceptors (Lipinski definition) is 6. The van der Waals surface area contributed by atoms with Gasteiger partial charge >= 0.3 is 17.9 Å². The number of rotatable bonds is 5. The Morgan fingerprint density at radius 1 is 1.10 bits per heavy atom. The first-order valence-electron chi connectivity index (χ1n) is 6.01. The molecule has 1 fully saturated rings. The van der Waals surface area contributed by atoms with E-state index in [4.69, 9.17) is 9.47 Å². The van der Waals surface area contributed by atoms with Crippen LogP contribution in [-0.2, 0) is 28.6 Å². The van der Waals surface area contributed by atoms with Crippen LogP contribution in [0.4, 0.5) is 0 Å². The molecule has 3 atom stereocenters. The van der Waals surface area contributed by atoms with E-state index >= 15 is 0 Å². The van der Waals surface area contributed by atoms with E-state index in [0.717, 1.165) is 14.0 Å². The molecule has 0 radical (unpaired) electrons. The largest absolute Gasteiger partial charge is 0.479 e. The lowest BCUT2D eigenvalue weighted by Gasteiger charge is -2.32. The van der Waals surface area contributed by atoms with Gasteiger partial charge in [0.1, 0.15) is 0 Å². The first-order valence-corrected chi connectivity index (χ1v) is 6.01. The summed E-state index contributed by atoms with van der Waals surface area (Å²) in [7, 11) is 1.07. The van der Waals surface area contributed by atoms with E-state index in [2.05, 4.69) is 4.74 Å². The van der Waals surface area contributed by atoms with Crippen molar-refractivity contribution >= 4 is 17.9 Å². The van der Waals surface area contributed by atoms with Gasteiger partial charge in [-0.3, -0.25) is 4.79 Å². The van der Waals surface area contributed by atoms with Gasteiger partial charge in [0, 0.05) is 0 Å². The third kappa shape index (κ3) is 2.25. The Morgan fingerprint density at radius 3 is 2.00 bits per heavy atom. The Bertz CT molecular complexity index is 447. The molecule has 8 nitrogen and oxygen atoms in total. The summed E-state index contributed by atoms with van der Waals surface area (Å²) < 4.78 is 15.2. The van der Waals surface area contributed by atoms with Crippen molar-refractivity contribution in [1.82, 2.24) is 0 Å². The van der Waals surface area contributed by atoms with Crippen LogP contribution in [0.2, 0.25) is 0 Å². The highest BCUT2D eigenvalue weighted by atomic mass is 16.8. The molecule has 1 rings (SSSR count). The summed E-state index contributed by atoms with van der Waals surface area (Å²) in [5.74, 6) is -5.44. The molecular formula is C12H18O8. The number of carboxylic acids is 2. The molecule has 0 aliphatic carbocycles. The van der Waals surface area contributed by atoms with Gasteiger partial charge in [0.2, 0.25) is 11.2 Å². The second kappa shape index (κ2) is 5.02. The number of ether oxygens (including phenoxy) is 3. The van der Waals surface area contributed by atoms with Gasteiger partial charge in [0.15, 0.2) is 5.79 Å². The lowest BCUT2D eigenvalue weighted by atomic mass is 9.81. The summed E-state index contributed by atoms with van der Waals surface area (Å²) in [5.41, 5.74) is -4.56. The fourth-order valence-electron chi connectivity index (χ4n) is 2.17. The second-order valence-corrected chi connectivity index (χ2v) is 4.91. The zero-order chi connectivity index (χ0) is 15.8. The molecule has 20 heavy (non-hydrogen) atoms. The van der Waals surface area contributed by atoms with Crippen LogP contribution in [0.1, 0.15) is 33.6 Å². The van der Waals surface area contributed by atoms with Crippen molar-refractivity contribution in [2.75, 3.05) is 7.11 Å². The number of hydrogen-bond donors (Lipinski definition) is 2. The highest BCUT2D eigenvalue weighted by molar-refractivity contribution is 5.94. The number of carbonyl (C=O) groups excluding carboxylic acids is 1. The van der Waals surface area contributed by atoms with Crippen LogP contribution in [0, 0.1) is 0 Å². The number of carbonyl (C=O) groups is 3.